The fourth-order valence-corrected chi connectivity index (χ4v) is 4.08. The molecule has 0 unspecified atom stereocenters. The van der Waals surface area contributed by atoms with Crippen molar-refractivity contribution in [3.8, 4) is 0 Å². The molecule has 1 aliphatic rings. The molecule has 1 aliphatic heterocycles. The Kier molecular flexibility index (Phi) is 4.53. The molecule has 0 aliphatic carbocycles. The van der Waals surface area contributed by atoms with Crippen molar-refractivity contribution in [3.63, 3.8) is 0 Å². The van der Waals surface area contributed by atoms with E-state index < -0.39 is 15.8 Å². The Morgan fingerprint density at radius 3 is 2.60 bits per heavy atom. The fourth-order valence-electron chi connectivity index (χ4n) is 2.14. The van der Waals surface area contributed by atoms with Crippen LogP contribution >= 0.6 is 11.6 Å². The van der Waals surface area contributed by atoms with Gasteiger partial charge in [-0.15, -0.1) is 0 Å². The molecular formula is C12H16ClFN2O3S. The summed E-state index contributed by atoms with van der Waals surface area (Å²) in [5.41, 5.74) is 5.19. The highest BCUT2D eigenvalue weighted by molar-refractivity contribution is 7.89. The lowest BCUT2D eigenvalue weighted by Crippen LogP contribution is -2.40. The molecule has 112 valence electrons. The predicted molar refractivity (Wildman–Crippen MR) is 74.6 cm³/mol. The molecule has 0 bridgehead atoms. The van der Waals surface area contributed by atoms with Crippen LogP contribution in [0.15, 0.2) is 17.0 Å². The van der Waals surface area contributed by atoms with Crippen molar-refractivity contribution in [1.29, 1.82) is 0 Å². The van der Waals surface area contributed by atoms with Crippen LogP contribution in [0.1, 0.15) is 12.8 Å². The molecule has 2 rings (SSSR count). The number of anilines is 1. The summed E-state index contributed by atoms with van der Waals surface area (Å²) in [5.74, 6) is -0.734. The van der Waals surface area contributed by atoms with E-state index in [1.165, 1.54) is 11.4 Å². The summed E-state index contributed by atoms with van der Waals surface area (Å²) in [6.45, 7) is 1.04. The molecule has 1 fully saturated rings. The number of nitrogens with zero attached hydrogens (tertiary/aromatic N) is 1. The third-order valence-corrected chi connectivity index (χ3v) is 5.79. The second kappa shape index (κ2) is 5.85. The molecule has 8 heteroatoms. The molecule has 0 aromatic heterocycles. The summed E-state index contributed by atoms with van der Waals surface area (Å²) < 4.78 is 44.8. The fraction of sp³-hybridized carbons (Fsp3) is 0.500. The number of rotatable bonds is 3. The lowest BCUT2D eigenvalue weighted by molar-refractivity contribution is 0.0632. The van der Waals surface area contributed by atoms with E-state index in [0.717, 1.165) is 12.1 Å². The highest BCUT2D eigenvalue weighted by atomic mass is 35.5. The number of sulfonamides is 1. The number of benzene rings is 1. The molecule has 1 saturated heterocycles. The van der Waals surface area contributed by atoms with Crippen molar-refractivity contribution < 1.29 is 17.5 Å². The number of hydrogen-bond acceptors (Lipinski definition) is 4. The van der Waals surface area contributed by atoms with Crippen molar-refractivity contribution in [2.75, 3.05) is 26.0 Å². The van der Waals surface area contributed by atoms with Gasteiger partial charge in [0.15, 0.2) is 0 Å². The average molecular weight is 323 g/mol. The van der Waals surface area contributed by atoms with Gasteiger partial charge in [0.1, 0.15) is 10.7 Å². The van der Waals surface area contributed by atoms with E-state index in [0.29, 0.717) is 26.1 Å². The number of nitrogens with two attached hydrogens (primary N) is 1. The summed E-state index contributed by atoms with van der Waals surface area (Å²) in [6.07, 6.45) is 1.23. The SMILES string of the molecule is CN(C1CCOCC1)S(=O)(=O)c1cc(N)c(F)cc1Cl. The number of halogens is 2. The van der Waals surface area contributed by atoms with Crippen molar-refractivity contribution in [2.24, 2.45) is 0 Å². The standard InChI is InChI=1S/C12H16ClFN2O3S/c1-16(8-2-4-19-5-3-8)20(17,18)12-7-11(15)10(14)6-9(12)13/h6-8H,2-5,15H2,1H3. The first-order valence-corrected chi connectivity index (χ1v) is 7.96. The molecule has 0 radical (unpaired) electrons. The third-order valence-electron chi connectivity index (χ3n) is 3.41. The van der Waals surface area contributed by atoms with E-state index in [2.05, 4.69) is 0 Å². The predicted octanol–water partition coefficient (Wildman–Crippen LogP) is 1.86. The van der Waals surface area contributed by atoms with Crippen LogP contribution in [0.5, 0.6) is 0 Å². The quantitative estimate of drug-likeness (QED) is 0.862. The molecule has 5 nitrogen and oxygen atoms in total. The van der Waals surface area contributed by atoms with Crippen LogP contribution < -0.4 is 5.73 Å². The molecule has 0 amide bonds. The van der Waals surface area contributed by atoms with Gasteiger partial charge in [-0.1, -0.05) is 11.6 Å². The molecule has 0 spiro atoms. The molecule has 2 N–H and O–H groups in total. The Hall–Kier alpha value is -0.890. The molecule has 0 saturated carbocycles. The highest BCUT2D eigenvalue weighted by Crippen LogP contribution is 2.30. The van der Waals surface area contributed by atoms with Crippen LogP contribution in [0.2, 0.25) is 5.02 Å². The number of nitrogen functional groups attached to an aromatic ring is 1. The van der Waals surface area contributed by atoms with Crippen LogP contribution in [0.25, 0.3) is 0 Å². The molecule has 1 aromatic rings. The van der Waals surface area contributed by atoms with Gasteiger partial charge < -0.3 is 10.5 Å². The summed E-state index contributed by atoms with van der Waals surface area (Å²) >= 11 is 5.84. The largest absolute Gasteiger partial charge is 0.396 e. The first-order valence-electron chi connectivity index (χ1n) is 6.14. The average Bonchev–Trinajstić information content (AvgIpc) is 2.42. The lowest BCUT2D eigenvalue weighted by Gasteiger charge is -2.30. The van der Waals surface area contributed by atoms with Crippen molar-refractivity contribution in [1.82, 2.24) is 4.31 Å². The van der Waals surface area contributed by atoms with Crippen LogP contribution in [0.3, 0.4) is 0 Å². The number of hydrogen-bond donors (Lipinski definition) is 1. The van der Waals surface area contributed by atoms with E-state index in [1.807, 2.05) is 0 Å². The zero-order chi connectivity index (χ0) is 14.9. The smallest absolute Gasteiger partial charge is 0.244 e. The van der Waals surface area contributed by atoms with E-state index in [-0.39, 0.29) is 21.6 Å². The summed E-state index contributed by atoms with van der Waals surface area (Å²) in [6, 6.07) is 1.82. The van der Waals surface area contributed by atoms with Crippen LogP contribution in [0, 0.1) is 5.82 Å². The summed E-state index contributed by atoms with van der Waals surface area (Å²) in [7, 11) is -2.32. The van der Waals surface area contributed by atoms with Crippen LogP contribution in [-0.2, 0) is 14.8 Å². The minimum Gasteiger partial charge on any atom is -0.396 e. The first-order chi connectivity index (χ1) is 9.34. The zero-order valence-electron chi connectivity index (χ0n) is 11.0. The summed E-state index contributed by atoms with van der Waals surface area (Å²) in [4.78, 5) is -0.174. The Morgan fingerprint density at radius 2 is 2.00 bits per heavy atom. The van der Waals surface area contributed by atoms with Crippen molar-refractivity contribution in [2.45, 2.75) is 23.8 Å². The first kappa shape index (κ1) is 15.5. The van der Waals surface area contributed by atoms with Crippen molar-refractivity contribution >= 4 is 27.3 Å². The molecule has 1 heterocycles. The van der Waals surface area contributed by atoms with Crippen LogP contribution in [-0.4, -0.2) is 39.0 Å². The minimum atomic E-state index is -3.81. The Balaban J connectivity index is 2.36. The van der Waals surface area contributed by atoms with Gasteiger partial charge in [-0.2, -0.15) is 4.31 Å². The zero-order valence-corrected chi connectivity index (χ0v) is 12.5. The Morgan fingerprint density at radius 1 is 1.40 bits per heavy atom. The van der Waals surface area contributed by atoms with Gasteiger partial charge in [0.2, 0.25) is 10.0 Å². The molecule has 0 atom stereocenters. The van der Waals surface area contributed by atoms with E-state index >= 15 is 0 Å². The molecule has 1 aromatic carbocycles. The number of ether oxygens (including phenoxy) is 1. The highest BCUT2D eigenvalue weighted by Gasteiger charge is 2.31. The molecule has 20 heavy (non-hydrogen) atoms. The third kappa shape index (κ3) is 2.90. The Labute approximate surface area is 122 Å². The van der Waals surface area contributed by atoms with Gasteiger partial charge in [-0.25, -0.2) is 12.8 Å². The van der Waals surface area contributed by atoms with E-state index in [9.17, 15) is 12.8 Å². The van der Waals surface area contributed by atoms with Gasteiger partial charge >= 0.3 is 0 Å². The van der Waals surface area contributed by atoms with Gasteiger partial charge in [0, 0.05) is 26.3 Å². The van der Waals surface area contributed by atoms with E-state index in [1.54, 1.807) is 0 Å². The summed E-state index contributed by atoms with van der Waals surface area (Å²) in [5, 5.41) is -0.171. The lowest BCUT2D eigenvalue weighted by atomic mass is 10.1. The van der Waals surface area contributed by atoms with E-state index in [4.69, 9.17) is 22.1 Å². The van der Waals surface area contributed by atoms with Gasteiger partial charge in [0.05, 0.1) is 10.7 Å². The second-order valence-electron chi connectivity index (χ2n) is 4.67. The monoisotopic (exact) mass is 322 g/mol. The minimum absolute atomic E-state index is 0.156. The van der Waals surface area contributed by atoms with Gasteiger partial charge in [0.25, 0.3) is 0 Å². The maximum absolute atomic E-state index is 13.3. The molecular weight excluding hydrogens is 307 g/mol. The normalized spacial score (nSPS) is 17.6. The van der Waals surface area contributed by atoms with Gasteiger partial charge in [-0.3, -0.25) is 0 Å². The topological polar surface area (TPSA) is 72.6 Å². The second-order valence-corrected chi connectivity index (χ2v) is 7.04. The maximum Gasteiger partial charge on any atom is 0.244 e. The maximum atomic E-state index is 13.3. The van der Waals surface area contributed by atoms with Gasteiger partial charge in [-0.05, 0) is 25.0 Å². The van der Waals surface area contributed by atoms with Crippen LogP contribution in [0.4, 0.5) is 10.1 Å². The van der Waals surface area contributed by atoms with Crippen molar-refractivity contribution in [3.05, 3.63) is 23.0 Å². The Bertz CT molecular complexity index is 603.